The van der Waals surface area contributed by atoms with Gasteiger partial charge < -0.3 is 15.5 Å². The zero-order valence-electron chi connectivity index (χ0n) is 13.9. The van der Waals surface area contributed by atoms with Crippen LogP contribution in [0.3, 0.4) is 0 Å². The van der Waals surface area contributed by atoms with Crippen molar-refractivity contribution in [2.45, 2.75) is 45.6 Å². The van der Waals surface area contributed by atoms with Crippen LogP contribution in [-0.2, 0) is 6.54 Å². The fraction of sp³-hybridized carbons (Fsp3) is 0.750. The lowest BCUT2D eigenvalue weighted by atomic mass is 10.2. The molecule has 0 aromatic carbocycles. The molecule has 0 spiro atoms. The second kappa shape index (κ2) is 9.79. The summed E-state index contributed by atoms with van der Waals surface area (Å²) in [6, 6.07) is 0. The molecule has 0 radical (unpaired) electrons. The monoisotopic (exact) mass is 323 g/mol. The lowest BCUT2D eigenvalue weighted by Crippen LogP contribution is -2.38. The molecule has 2 rings (SSSR count). The molecule has 1 aliphatic rings. The lowest BCUT2D eigenvalue weighted by Gasteiger charge is -2.20. The first-order valence-corrected chi connectivity index (χ1v) is 9.18. The third-order valence-corrected chi connectivity index (χ3v) is 4.85. The first kappa shape index (κ1) is 17.2. The summed E-state index contributed by atoms with van der Waals surface area (Å²) in [6.07, 6.45) is 8.62. The van der Waals surface area contributed by atoms with Gasteiger partial charge in [0, 0.05) is 24.7 Å². The van der Waals surface area contributed by atoms with Crippen LogP contribution in [0.2, 0.25) is 0 Å². The molecule has 0 aliphatic carbocycles. The average molecular weight is 324 g/mol. The minimum Gasteiger partial charge on any atom is -0.356 e. The maximum atomic E-state index is 4.36. The van der Waals surface area contributed by atoms with Crippen molar-refractivity contribution in [2.24, 2.45) is 4.99 Å². The summed E-state index contributed by atoms with van der Waals surface area (Å²) >= 11 is 1.73. The van der Waals surface area contributed by atoms with E-state index in [1.165, 1.54) is 50.2 Å². The number of aliphatic imine (C=N–C) groups is 1. The molecule has 5 nitrogen and oxygen atoms in total. The van der Waals surface area contributed by atoms with Crippen LogP contribution in [0.4, 0.5) is 0 Å². The number of aromatic nitrogens is 1. The number of guanidine groups is 1. The van der Waals surface area contributed by atoms with Crippen LogP contribution in [0, 0.1) is 6.92 Å². The summed E-state index contributed by atoms with van der Waals surface area (Å²) in [5.41, 5.74) is 0. The van der Waals surface area contributed by atoms with Crippen LogP contribution in [0.15, 0.2) is 11.2 Å². The van der Waals surface area contributed by atoms with Crippen molar-refractivity contribution in [2.75, 3.05) is 33.2 Å². The highest BCUT2D eigenvalue weighted by molar-refractivity contribution is 7.11. The van der Waals surface area contributed by atoms with E-state index in [1.54, 1.807) is 11.3 Å². The SMILES string of the molecule is CN=C(NCCCN1CCCCCC1)NCc1ncc(C)s1. The van der Waals surface area contributed by atoms with E-state index in [9.17, 15) is 0 Å². The molecule has 0 amide bonds. The second-order valence-electron chi connectivity index (χ2n) is 5.83. The molecule has 1 fully saturated rings. The van der Waals surface area contributed by atoms with Gasteiger partial charge in [0.1, 0.15) is 5.01 Å². The average Bonchev–Trinajstić information content (AvgIpc) is 2.78. The van der Waals surface area contributed by atoms with E-state index in [2.05, 4.69) is 32.4 Å². The van der Waals surface area contributed by atoms with Crippen LogP contribution < -0.4 is 10.6 Å². The molecule has 0 atom stereocenters. The molecule has 0 bridgehead atoms. The van der Waals surface area contributed by atoms with E-state index in [4.69, 9.17) is 0 Å². The van der Waals surface area contributed by atoms with E-state index in [-0.39, 0.29) is 0 Å². The van der Waals surface area contributed by atoms with Gasteiger partial charge in [-0.3, -0.25) is 4.99 Å². The van der Waals surface area contributed by atoms with Gasteiger partial charge in [0.05, 0.1) is 6.54 Å². The highest BCUT2D eigenvalue weighted by atomic mass is 32.1. The summed E-state index contributed by atoms with van der Waals surface area (Å²) in [5, 5.41) is 7.81. The van der Waals surface area contributed by atoms with Crippen molar-refractivity contribution in [3.05, 3.63) is 16.1 Å². The number of rotatable bonds is 6. The predicted molar refractivity (Wildman–Crippen MR) is 94.6 cm³/mol. The van der Waals surface area contributed by atoms with Gasteiger partial charge in [-0.2, -0.15) is 0 Å². The Morgan fingerprint density at radius 2 is 2.05 bits per heavy atom. The van der Waals surface area contributed by atoms with E-state index >= 15 is 0 Å². The van der Waals surface area contributed by atoms with E-state index < -0.39 is 0 Å². The molecule has 2 N–H and O–H groups in total. The normalized spacial score (nSPS) is 17.3. The Bertz CT molecular complexity index is 449. The van der Waals surface area contributed by atoms with Crippen LogP contribution in [0.1, 0.15) is 42.0 Å². The predicted octanol–water partition coefficient (Wildman–Crippen LogP) is 2.38. The zero-order chi connectivity index (χ0) is 15.6. The van der Waals surface area contributed by atoms with Gasteiger partial charge in [0.2, 0.25) is 0 Å². The fourth-order valence-corrected chi connectivity index (χ4v) is 3.46. The van der Waals surface area contributed by atoms with E-state index in [0.717, 1.165) is 30.5 Å². The maximum Gasteiger partial charge on any atom is 0.191 e. The minimum absolute atomic E-state index is 0.740. The van der Waals surface area contributed by atoms with Gasteiger partial charge in [0.15, 0.2) is 5.96 Å². The molecule has 1 aliphatic heterocycles. The van der Waals surface area contributed by atoms with Crippen LogP contribution in [-0.4, -0.2) is 49.1 Å². The van der Waals surface area contributed by atoms with Crippen molar-refractivity contribution >= 4 is 17.3 Å². The van der Waals surface area contributed by atoms with Gasteiger partial charge in [-0.25, -0.2) is 4.98 Å². The third kappa shape index (κ3) is 6.32. The Morgan fingerprint density at radius 1 is 1.27 bits per heavy atom. The van der Waals surface area contributed by atoms with Gasteiger partial charge in [0.25, 0.3) is 0 Å². The number of nitrogens with one attached hydrogen (secondary N) is 2. The standard InChI is InChI=1S/C16H29N5S/c1-14-12-19-15(22-14)13-20-16(17-2)18-8-7-11-21-9-5-3-4-6-10-21/h12H,3-11,13H2,1-2H3,(H2,17,18,20). The molecule has 124 valence electrons. The van der Waals surface area contributed by atoms with Crippen LogP contribution >= 0.6 is 11.3 Å². The van der Waals surface area contributed by atoms with Gasteiger partial charge in [-0.05, 0) is 45.8 Å². The van der Waals surface area contributed by atoms with E-state index in [0.29, 0.717) is 0 Å². The van der Waals surface area contributed by atoms with Crippen LogP contribution in [0.25, 0.3) is 0 Å². The van der Waals surface area contributed by atoms with Gasteiger partial charge in [-0.1, -0.05) is 12.8 Å². The zero-order valence-corrected chi connectivity index (χ0v) is 14.7. The molecule has 1 aromatic rings. The number of likely N-dealkylation sites (tertiary alicyclic amines) is 1. The number of aryl methyl sites for hydroxylation is 1. The summed E-state index contributed by atoms with van der Waals surface area (Å²) in [7, 11) is 1.82. The first-order chi connectivity index (χ1) is 10.8. The molecule has 1 saturated heterocycles. The lowest BCUT2D eigenvalue weighted by molar-refractivity contribution is 0.282. The van der Waals surface area contributed by atoms with Gasteiger partial charge in [-0.15, -0.1) is 11.3 Å². The second-order valence-corrected chi connectivity index (χ2v) is 7.15. The van der Waals surface area contributed by atoms with Crippen molar-refractivity contribution in [3.8, 4) is 0 Å². The number of thiazole rings is 1. The Morgan fingerprint density at radius 3 is 2.68 bits per heavy atom. The fourth-order valence-electron chi connectivity index (χ4n) is 2.73. The Labute approximate surface area is 138 Å². The quantitative estimate of drug-likeness (QED) is 0.479. The third-order valence-electron chi connectivity index (χ3n) is 3.94. The molecular weight excluding hydrogens is 294 g/mol. The highest BCUT2D eigenvalue weighted by Crippen LogP contribution is 2.10. The van der Waals surface area contributed by atoms with Crippen LogP contribution in [0.5, 0.6) is 0 Å². The van der Waals surface area contributed by atoms with Crippen molar-refractivity contribution in [1.29, 1.82) is 0 Å². The summed E-state index contributed by atoms with van der Waals surface area (Å²) < 4.78 is 0. The molecule has 0 saturated carbocycles. The Kier molecular flexibility index (Phi) is 7.66. The molecule has 0 unspecified atom stereocenters. The van der Waals surface area contributed by atoms with E-state index in [1.807, 2.05) is 13.2 Å². The molecule has 2 heterocycles. The Balaban J connectivity index is 1.59. The largest absolute Gasteiger partial charge is 0.356 e. The smallest absolute Gasteiger partial charge is 0.191 e. The summed E-state index contributed by atoms with van der Waals surface area (Å²) in [5.74, 6) is 0.865. The molecule has 1 aromatic heterocycles. The van der Waals surface area contributed by atoms with Gasteiger partial charge >= 0.3 is 0 Å². The maximum absolute atomic E-state index is 4.36. The molecule has 6 heteroatoms. The van der Waals surface area contributed by atoms with Crippen molar-refractivity contribution in [1.82, 2.24) is 20.5 Å². The summed E-state index contributed by atoms with van der Waals surface area (Å²) in [4.78, 5) is 12.5. The number of hydrogen-bond donors (Lipinski definition) is 2. The highest BCUT2D eigenvalue weighted by Gasteiger charge is 2.08. The Hall–Kier alpha value is -1.14. The van der Waals surface area contributed by atoms with Crippen molar-refractivity contribution in [3.63, 3.8) is 0 Å². The first-order valence-electron chi connectivity index (χ1n) is 8.36. The number of hydrogen-bond acceptors (Lipinski definition) is 4. The minimum atomic E-state index is 0.740. The summed E-state index contributed by atoms with van der Waals surface area (Å²) in [6.45, 7) is 7.52. The van der Waals surface area contributed by atoms with Crippen molar-refractivity contribution < 1.29 is 0 Å². The molecule has 22 heavy (non-hydrogen) atoms. The topological polar surface area (TPSA) is 52.6 Å². The molecular formula is C16H29N5S. The number of nitrogens with zero attached hydrogens (tertiary/aromatic N) is 3.